The molecule has 3 rings (SSSR count). The maximum Gasteiger partial charge on any atom is 0.317 e. The molecule has 2 aliphatic rings. The maximum atomic E-state index is 12.3. The molecule has 0 aromatic heterocycles. The maximum absolute atomic E-state index is 12.3. The van der Waals surface area contributed by atoms with E-state index in [1.807, 2.05) is 16.7 Å². The average molecular weight is 377 g/mol. The van der Waals surface area contributed by atoms with E-state index in [1.165, 1.54) is 11.1 Å². The van der Waals surface area contributed by atoms with Gasteiger partial charge in [0, 0.05) is 45.8 Å². The molecule has 1 aromatic carbocycles. The van der Waals surface area contributed by atoms with Gasteiger partial charge in [0.25, 0.3) is 0 Å². The molecule has 2 fully saturated rings. The third kappa shape index (κ3) is 4.51. The lowest BCUT2D eigenvalue weighted by Gasteiger charge is -2.36. The van der Waals surface area contributed by atoms with E-state index in [2.05, 4.69) is 41.4 Å². The van der Waals surface area contributed by atoms with Crippen LogP contribution in [0.3, 0.4) is 0 Å². The number of aryl methyl sites for hydroxylation is 1. The van der Waals surface area contributed by atoms with Crippen LogP contribution in [0.5, 0.6) is 0 Å². The number of carbonyl (C=O) groups excluding carboxylic acids is 2. The fourth-order valence-electron chi connectivity index (χ4n) is 3.39. The molecule has 1 atom stereocenters. The number of nitrogens with zero attached hydrogens (tertiary/aromatic N) is 3. The summed E-state index contributed by atoms with van der Waals surface area (Å²) < 4.78 is 0. The van der Waals surface area contributed by atoms with Crippen LogP contribution in [-0.2, 0) is 4.79 Å². The minimum Gasteiger partial charge on any atom is -0.338 e. The first-order valence-corrected chi connectivity index (χ1v) is 10.4. The SMILES string of the molecule is CCNC(=O)N1CCN(CCN2C(=O)CSC2c2ccc(C)cc2)CC1. The van der Waals surface area contributed by atoms with E-state index < -0.39 is 0 Å². The molecular weight excluding hydrogens is 348 g/mol. The zero-order chi connectivity index (χ0) is 18.5. The van der Waals surface area contributed by atoms with E-state index in [-0.39, 0.29) is 17.3 Å². The minimum absolute atomic E-state index is 0.0257. The Morgan fingerprint density at radius 3 is 2.50 bits per heavy atom. The lowest BCUT2D eigenvalue weighted by Crippen LogP contribution is -2.52. The molecule has 3 amide bonds. The van der Waals surface area contributed by atoms with Gasteiger partial charge < -0.3 is 15.1 Å². The molecule has 1 unspecified atom stereocenters. The number of urea groups is 1. The van der Waals surface area contributed by atoms with Crippen LogP contribution in [0, 0.1) is 6.92 Å². The molecule has 0 aliphatic carbocycles. The number of thioether (sulfide) groups is 1. The van der Waals surface area contributed by atoms with Crippen molar-refractivity contribution in [3.05, 3.63) is 35.4 Å². The summed E-state index contributed by atoms with van der Waals surface area (Å²) in [5.41, 5.74) is 2.44. The van der Waals surface area contributed by atoms with E-state index >= 15 is 0 Å². The monoisotopic (exact) mass is 376 g/mol. The Labute approximate surface area is 159 Å². The number of amides is 3. The van der Waals surface area contributed by atoms with E-state index in [9.17, 15) is 9.59 Å². The van der Waals surface area contributed by atoms with Crippen molar-refractivity contribution in [3.63, 3.8) is 0 Å². The van der Waals surface area contributed by atoms with E-state index in [0.29, 0.717) is 12.3 Å². The molecule has 0 saturated carbocycles. The molecular formula is C19H28N4O2S. The molecule has 1 N–H and O–H groups in total. The second kappa shape index (κ2) is 8.77. The highest BCUT2D eigenvalue weighted by Crippen LogP contribution is 2.38. The van der Waals surface area contributed by atoms with Gasteiger partial charge in [0.2, 0.25) is 5.91 Å². The lowest BCUT2D eigenvalue weighted by atomic mass is 10.1. The highest BCUT2D eigenvalue weighted by molar-refractivity contribution is 8.00. The Morgan fingerprint density at radius 2 is 1.85 bits per heavy atom. The summed E-state index contributed by atoms with van der Waals surface area (Å²) >= 11 is 1.71. The van der Waals surface area contributed by atoms with Gasteiger partial charge in [-0.1, -0.05) is 29.8 Å². The highest BCUT2D eigenvalue weighted by Gasteiger charge is 2.33. The zero-order valence-electron chi connectivity index (χ0n) is 15.6. The summed E-state index contributed by atoms with van der Waals surface area (Å²) in [6, 6.07) is 8.50. The predicted octanol–water partition coefficient (Wildman–Crippen LogP) is 1.92. The van der Waals surface area contributed by atoms with Crippen LogP contribution in [0.15, 0.2) is 24.3 Å². The molecule has 2 aliphatic heterocycles. The summed E-state index contributed by atoms with van der Waals surface area (Å²) in [5, 5.41) is 2.98. The predicted molar refractivity (Wildman–Crippen MR) is 105 cm³/mol. The molecule has 0 radical (unpaired) electrons. The van der Waals surface area contributed by atoms with Gasteiger partial charge in [0.05, 0.1) is 5.75 Å². The molecule has 0 spiro atoms. The molecule has 2 saturated heterocycles. The molecule has 0 bridgehead atoms. The summed E-state index contributed by atoms with van der Waals surface area (Å²) in [7, 11) is 0. The van der Waals surface area contributed by atoms with Crippen LogP contribution < -0.4 is 5.32 Å². The van der Waals surface area contributed by atoms with Crippen LogP contribution in [0.4, 0.5) is 4.79 Å². The van der Waals surface area contributed by atoms with Crippen molar-refractivity contribution in [2.24, 2.45) is 0 Å². The third-order valence-electron chi connectivity index (χ3n) is 4.98. The molecule has 26 heavy (non-hydrogen) atoms. The number of carbonyl (C=O) groups is 2. The standard InChI is InChI=1S/C19H28N4O2S/c1-3-20-19(25)22-11-8-21(9-12-22)10-13-23-17(24)14-26-18(23)16-6-4-15(2)5-7-16/h4-7,18H,3,8-14H2,1-2H3,(H,20,25). The van der Waals surface area contributed by atoms with Gasteiger partial charge in [0.15, 0.2) is 0 Å². The van der Waals surface area contributed by atoms with Gasteiger partial charge in [0.1, 0.15) is 5.37 Å². The Kier molecular flexibility index (Phi) is 6.43. The van der Waals surface area contributed by atoms with Crippen molar-refractivity contribution in [1.82, 2.24) is 20.0 Å². The Morgan fingerprint density at radius 1 is 1.15 bits per heavy atom. The van der Waals surface area contributed by atoms with Crippen LogP contribution >= 0.6 is 11.8 Å². The number of hydrogen-bond donors (Lipinski definition) is 1. The van der Waals surface area contributed by atoms with Crippen molar-refractivity contribution in [1.29, 1.82) is 0 Å². The molecule has 6 nitrogen and oxygen atoms in total. The highest BCUT2D eigenvalue weighted by atomic mass is 32.2. The summed E-state index contributed by atoms with van der Waals surface area (Å²) in [6.07, 6.45) is 0. The first-order valence-electron chi connectivity index (χ1n) is 9.31. The van der Waals surface area contributed by atoms with Crippen molar-refractivity contribution < 1.29 is 9.59 Å². The Balaban J connectivity index is 1.51. The van der Waals surface area contributed by atoms with Crippen molar-refractivity contribution in [3.8, 4) is 0 Å². The quantitative estimate of drug-likeness (QED) is 0.853. The normalized spacial score (nSPS) is 21.3. The van der Waals surface area contributed by atoms with Crippen LogP contribution in [0.2, 0.25) is 0 Å². The molecule has 7 heteroatoms. The Hall–Kier alpha value is -1.73. The second-order valence-electron chi connectivity index (χ2n) is 6.83. The second-order valence-corrected chi connectivity index (χ2v) is 7.89. The summed E-state index contributed by atoms with van der Waals surface area (Å²) in [6.45, 7) is 9.49. The number of benzene rings is 1. The van der Waals surface area contributed by atoms with E-state index in [1.54, 1.807) is 11.8 Å². The van der Waals surface area contributed by atoms with Gasteiger partial charge in [-0.2, -0.15) is 0 Å². The molecule has 2 heterocycles. The number of rotatable bonds is 5. The van der Waals surface area contributed by atoms with Gasteiger partial charge >= 0.3 is 6.03 Å². The molecule has 1 aromatic rings. The molecule has 142 valence electrons. The van der Waals surface area contributed by atoms with Crippen LogP contribution in [0.25, 0.3) is 0 Å². The van der Waals surface area contributed by atoms with Gasteiger partial charge in [-0.15, -0.1) is 11.8 Å². The Bertz CT molecular complexity index is 629. The first kappa shape index (κ1) is 19.0. The van der Waals surface area contributed by atoms with Crippen molar-refractivity contribution >= 4 is 23.7 Å². The van der Waals surface area contributed by atoms with Crippen LogP contribution in [-0.4, -0.2) is 78.2 Å². The van der Waals surface area contributed by atoms with Crippen molar-refractivity contribution in [2.75, 3.05) is 51.6 Å². The summed E-state index contributed by atoms with van der Waals surface area (Å²) in [4.78, 5) is 30.4. The van der Waals surface area contributed by atoms with E-state index in [0.717, 1.165) is 39.3 Å². The number of nitrogens with one attached hydrogen (secondary N) is 1. The summed E-state index contributed by atoms with van der Waals surface area (Å²) in [5.74, 6) is 0.783. The van der Waals surface area contributed by atoms with Gasteiger partial charge in [-0.05, 0) is 19.4 Å². The topological polar surface area (TPSA) is 55.9 Å². The minimum atomic E-state index is 0.0257. The van der Waals surface area contributed by atoms with Gasteiger partial charge in [-0.3, -0.25) is 9.69 Å². The smallest absolute Gasteiger partial charge is 0.317 e. The first-order chi connectivity index (χ1) is 12.6. The lowest BCUT2D eigenvalue weighted by molar-refractivity contribution is -0.128. The third-order valence-corrected chi connectivity index (χ3v) is 6.23. The largest absolute Gasteiger partial charge is 0.338 e. The van der Waals surface area contributed by atoms with E-state index in [4.69, 9.17) is 0 Å². The number of piperazine rings is 1. The fraction of sp³-hybridized carbons (Fsp3) is 0.579. The average Bonchev–Trinajstić information content (AvgIpc) is 3.02. The zero-order valence-corrected chi connectivity index (χ0v) is 16.4. The van der Waals surface area contributed by atoms with Crippen molar-refractivity contribution in [2.45, 2.75) is 19.2 Å². The van der Waals surface area contributed by atoms with Gasteiger partial charge in [-0.25, -0.2) is 4.79 Å². The number of hydrogen-bond acceptors (Lipinski definition) is 4. The van der Waals surface area contributed by atoms with Crippen LogP contribution in [0.1, 0.15) is 23.4 Å². The fourth-order valence-corrected chi connectivity index (χ4v) is 4.61.